The van der Waals surface area contributed by atoms with E-state index in [0.29, 0.717) is 12.6 Å². The van der Waals surface area contributed by atoms with E-state index in [1.54, 1.807) is 0 Å². The van der Waals surface area contributed by atoms with E-state index in [0.717, 1.165) is 0 Å². The molecule has 0 aromatic heterocycles. The van der Waals surface area contributed by atoms with Gasteiger partial charge in [-0.1, -0.05) is 0 Å². The number of aldehydes is 2. The van der Waals surface area contributed by atoms with Crippen LogP contribution in [0.4, 0.5) is 4.79 Å². The molecule has 0 spiro atoms. The van der Waals surface area contributed by atoms with Crippen molar-refractivity contribution in [2.75, 3.05) is 0 Å². The molecule has 0 aliphatic rings. The van der Waals surface area contributed by atoms with Crippen molar-refractivity contribution < 1.29 is 33.4 Å². The highest BCUT2D eigenvalue weighted by molar-refractivity contribution is 5.88. The Bertz CT molecular complexity index is 291. The van der Waals surface area contributed by atoms with Crippen LogP contribution < -0.4 is 0 Å². The van der Waals surface area contributed by atoms with Crippen molar-refractivity contribution in [3.8, 4) is 0 Å². The molecule has 0 saturated heterocycles. The average molecular weight is 258 g/mol. The minimum atomic E-state index is -1.39. The zero-order chi connectivity index (χ0) is 13.8. The Morgan fingerprint density at radius 3 is 1.50 bits per heavy atom. The van der Waals surface area contributed by atoms with Crippen molar-refractivity contribution in [1.82, 2.24) is 0 Å². The zero-order valence-electron chi connectivity index (χ0n) is 9.76. The second-order valence-corrected chi connectivity index (χ2v) is 3.32. The maximum atomic E-state index is 11.0. The lowest BCUT2D eigenvalue weighted by Gasteiger charge is -2.02. The summed E-state index contributed by atoms with van der Waals surface area (Å²) in [7, 11) is 0. The van der Waals surface area contributed by atoms with Crippen LogP contribution in [0.5, 0.6) is 0 Å². The maximum absolute atomic E-state index is 11.0. The molecule has 0 radical (unpaired) electrons. The van der Waals surface area contributed by atoms with Gasteiger partial charge >= 0.3 is 18.1 Å². The van der Waals surface area contributed by atoms with Crippen LogP contribution >= 0.6 is 0 Å². The van der Waals surface area contributed by atoms with E-state index in [9.17, 15) is 24.0 Å². The molecule has 0 aliphatic carbocycles. The van der Waals surface area contributed by atoms with Gasteiger partial charge < -0.3 is 19.1 Å². The molecule has 0 aromatic rings. The first-order valence-electron chi connectivity index (χ1n) is 5.42. The van der Waals surface area contributed by atoms with Crippen molar-refractivity contribution in [2.24, 2.45) is 0 Å². The van der Waals surface area contributed by atoms with Gasteiger partial charge in [0.25, 0.3) is 0 Å². The Morgan fingerprint density at radius 1 is 0.778 bits per heavy atom. The van der Waals surface area contributed by atoms with E-state index < -0.39 is 18.1 Å². The molecule has 0 unspecified atom stereocenters. The normalized spacial score (nSPS) is 9.33. The van der Waals surface area contributed by atoms with Gasteiger partial charge in [-0.2, -0.15) is 0 Å². The number of carbonyl (C=O) groups excluding carboxylic acids is 5. The molecule has 0 fully saturated rings. The van der Waals surface area contributed by atoms with Crippen molar-refractivity contribution in [3.63, 3.8) is 0 Å². The molecule has 0 saturated carbocycles. The largest absolute Gasteiger partial charge is 0.524 e. The zero-order valence-corrected chi connectivity index (χ0v) is 9.76. The lowest BCUT2D eigenvalue weighted by molar-refractivity contribution is -0.146. The second kappa shape index (κ2) is 10.1. The molecule has 0 heterocycles. The third kappa shape index (κ3) is 9.20. The molecule has 7 nitrogen and oxygen atoms in total. The summed E-state index contributed by atoms with van der Waals surface area (Å²) >= 11 is 0. The molecule has 0 N–H and O–H groups in total. The molecule has 0 amide bonds. The predicted octanol–water partition coefficient (Wildman–Crippen LogP) is 0.931. The van der Waals surface area contributed by atoms with Gasteiger partial charge in [-0.25, -0.2) is 4.79 Å². The first-order valence-corrected chi connectivity index (χ1v) is 5.42. The van der Waals surface area contributed by atoms with Crippen LogP contribution in [-0.2, 0) is 28.7 Å². The van der Waals surface area contributed by atoms with Crippen LogP contribution in [0, 0.1) is 0 Å². The number of hydrogen-bond donors (Lipinski definition) is 0. The van der Waals surface area contributed by atoms with Crippen molar-refractivity contribution in [2.45, 2.75) is 38.5 Å². The van der Waals surface area contributed by atoms with E-state index in [4.69, 9.17) is 0 Å². The lowest BCUT2D eigenvalue weighted by Crippen LogP contribution is -2.17. The molecule has 0 aliphatic heterocycles. The summed E-state index contributed by atoms with van der Waals surface area (Å²) in [5.74, 6) is -1.72. The van der Waals surface area contributed by atoms with E-state index in [1.807, 2.05) is 0 Å². The summed E-state index contributed by atoms with van der Waals surface area (Å²) < 4.78 is 8.34. The fourth-order valence-electron chi connectivity index (χ4n) is 0.968. The standard InChI is InChI=1S/C11H14O7/c12-7-3-1-5-9(14)17-11(16)18-10(15)6-2-4-8-13/h7-8H,1-6H2. The summed E-state index contributed by atoms with van der Waals surface area (Å²) in [6, 6.07) is 0. The molecular weight excluding hydrogens is 244 g/mol. The van der Waals surface area contributed by atoms with Crippen molar-refractivity contribution in [1.29, 1.82) is 0 Å². The molecule has 7 heteroatoms. The van der Waals surface area contributed by atoms with E-state index in [2.05, 4.69) is 9.47 Å². The Morgan fingerprint density at radius 2 is 1.17 bits per heavy atom. The predicted molar refractivity (Wildman–Crippen MR) is 57.4 cm³/mol. The van der Waals surface area contributed by atoms with Gasteiger partial charge in [0.2, 0.25) is 0 Å². The molecule has 100 valence electrons. The van der Waals surface area contributed by atoms with E-state index in [-0.39, 0.29) is 38.5 Å². The smallest absolute Gasteiger partial charge is 0.360 e. The van der Waals surface area contributed by atoms with Crippen molar-refractivity contribution in [3.05, 3.63) is 0 Å². The minimum Gasteiger partial charge on any atom is -0.360 e. The highest BCUT2D eigenvalue weighted by Gasteiger charge is 2.15. The number of carbonyl (C=O) groups is 5. The van der Waals surface area contributed by atoms with Crippen LogP contribution in [0.1, 0.15) is 38.5 Å². The average Bonchev–Trinajstić information content (AvgIpc) is 2.29. The molecule has 0 atom stereocenters. The van der Waals surface area contributed by atoms with Gasteiger partial charge in [0.05, 0.1) is 0 Å². The van der Waals surface area contributed by atoms with Crippen LogP contribution in [-0.4, -0.2) is 30.7 Å². The Balaban J connectivity index is 3.74. The monoisotopic (exact) mass is 258 g/mol. The second-order valence-electron chi connectivity index (χ2n) is 3.32. The molecular formula is C11H14O7. The summed E-state index contributed by atoms with van der Waals surface area (Å²) in [5, 5.41) is 0. The fraction of sp³-hybridized carbons (Fsp3) is 0.545. The first kappa shape index (κ1) is 16.0. The summed E-state index contributed by atoms with van der Waals surface area (Å²) in [4.78, 5) is 52.8. The van der Waals surface area contributed by atoms with Crippen LogP contribution in [0.3, 0.4) is 0 Å². The fourth-order valence-corrected chi connectivity index (χ4v) is 0.968. The van der Waals surface area contributed by atoms with Gasteiger partial charge in [-0.3, -0.25) is 9.59 Å². The number of ether oxygens (including phenoxy) is 2. The summed E-state index contributed by atoms with van der Waals surface area (Å²) in [5.41, 5.74) is 0. The minimum absolute atomic E-state index is 0.104. The Labute approximate surface area is 103 Å². The quantitative estimate of drug-likeness (QED) is 0.276. The third-order valence-corrected chi connectivity index (χ3v) is 1.80. The topological polar surface area (TPSA) is 104 Å². The number of hydrogen-bond acceptors (Lipinski definition) is 7. The lowest BCUT2D eigenvalue weighted by atomic mass is 10.2. The SMILES string of the molecule is O=CCCCC(=O)OC(=O)OC(=O)CCCC=O. The highest BCUT2D eigenvalue weighted by Crippen LogP contribution is 2.00. The molecule has 18 heavy (non-hydrogen) atoms. The van der Waals surface area contributed by atoms with E-state index >= 15 is 0 Å². The maximum Gasteiger partial charge on any atom is 0.524 e. The summed E-state index contributed by atoms with van der Waals surface area (Å²) in [6.45, 7) is 0. The molecule has 0 rings (SSSR count). The number of unbranched alkanes of at least 4 members (excludes halogenated alkanes) is 2. The summed E-state index contributed by atoms with van der Waals surface area (Å²) in [6.07, 6.45) is 0.599. The van der Waals surface area contributed by atoms with Crippen LogP contribution in [0.2, 0.25) is 0 Å². The van der Waals surface area contributed by atoms with Gasteiger partial charge in [0.1, 0.15) is 12.6 Å². The van der Waals surface area contributed by atoms with Gasteiger partial charge in [0.15, 0.2) is 0 Å². The first-order chi connectivity index (χ1) is 8.60. The molecule has 0 bridgehead atoms. The Kier molecular flexibility index (Phi) is 8.97. The highest BCUT2D eigenvalue weighted by atomic mass is 16.8. The Hall–Kier alpha value is -2.05. The van der Waals surface area contributed by atoms with Crippen LogP contribution in [0.25, 0.3) is 0 Å². The van der Waals surface area contributed by atoms with Gasteiger partial charge in [0, 0.05) is 25.7 Å². The van der Waals surface area contributed by atoms with Gasteiger partial charge in [-0.15, -0.1) is 0 Å². The van der Waals surface area contributed by atoms with Gasteiger partial charge in [-0.05, 0) is 12.8 Å². The van der Waals surface area contributed by atoms with Crippen molar-refractivity contribution >= 4 is 30.7 Å². The third-order valence-electron chi connectivity index (χ3n) is 1.80. The molecule has 0 aromatic carbocycles. The number of rotatable bonds is 8. The van der Waals surface area contributed by atoms with E-state index in [1.165, 1.54) is 0 Å². The number of esters is 2. The van der Waals surface area contributed by atoms with Crippen LogP contribution in [0.15, 0.2) is 0 Å².